The highest BCUT2D eigenvalue weighted by Gasteiger charge is 2.32. The minimum Gasteiger partial charge on any atom is -0.335 e. The lowest BCUT2D eigenvalue weighted by atomic mass is 9.85. The standard InChI is InChI=1S/C16H23N3O/c20-16(17-11-13-5-2-1-3-6-13)18-15-8-10-19-9-4-7-14(15)12-19/h1-3,5-6,14-15H,4,7-12H2,(H2,17,18,20). The molecule has 2 heterocycles. The molecule has 20 heavy (non-hydrogen) atoms. The molecule has 0 aromatic heterocycles. The molecule has 0 saturated carbocycles. The number of amides is 2. The zero-order valence-electron chi connectivity index (χ0n) is 11.8. The SMILES string of the molecule is O=C(NCc1ccccc1)NC1CCN2CCCC1C2. The molecule has 3 rings (SSSR count). The van der Waals surface area contributed by atoms with Crippen LogP contribution in [0.4, 0.5) is 4.79 Å². The van der Waals surface area contributed by atoms with Crippen LogP contribution in [0.2, 0.25) is 0 Å². The molecule has 1 aromatic rings. The summed E-state index contributed by atoms with van der Waals surface area (Å²) >= 11 is 0. The van der Waals surface area contributed by atoms with Crippen LogP contribution in [0, 0.1) is 5.92 Å². The molecule has 3 atom stereocenters. The van der Waals surface area contributed by atoms with Gasteiger partial charge in [-0.2, -0.15) is 0 Å². The van der Waals surface area contributed by atoms with E-state index in [0.29, 0.717) is 18.5 Å². The van der Waals surface area contributed by atoms with Crippen molar-refractivity contribution in [1.29, 1.82) is 0 Å². The van der Waals surface area contributed by atoms with Gasteiger partial charge in [0.05, 0.1) is 0 Å². The number of nitrogens with one attached hydrogen (secondary N) is 2. The lowest BCUT2D eigenvalue weighted by molar-refractivity contribution is 0.0951. The van der Waals surface area contributed by atoms with Crippen molar-refractivity contribution in [3.63, 3.8) is 0 Å². The maximum absolute atomic E-state index is 12.0. The molecule has 3 unspecified atom stereocenters. The fourth-order valence-electron chi connectivity index (χ4n) is 3.37. The maximum Gasteiger partial charge on any atom is 0.315 e. The van der Waals surface area contributed by atoms with Crippen molar-refractivity contribution in [2.75, 3.05) is 19.6 Å². The highest BCUT2D eigenvalue weighted by atomic mass is 16.2. The number of hydrogen-bond acceptors (Lipinski definition) is 2. The van der Waals surface area contributed by atoms with E-state index in [1.807, 2.05) is 30.3 Å². The fraction of sp³-hybridized carbons (Fsp3) is 0.562. The van der Waals surface area contributed by atoms with Crippen molar-refractivity contribution in [3.05, 3.63) is 35.9 Å². The molecule has 0 aliphatic carbocycles. The number of piperidine rings is 2. The Morgan fingerprint density at radius 1 is 1.20 bits per heavy atom. The van der Waals surface area contributed by atoms with Gasteiger partial charge in [-0.3, -0.25) is 0 Å². The molecule has 2 saturated heterocycles. The number of carbonyl (C=O) groups excluding carboxylic acids is 1. The van der Waals surface area contributed by atoms with Crippen molar-refractivity contribution in [3.8, 4) is 0 Å². The molecule has 2 bridgehead atoms. The van der Waals surface area contributed by atoms with Crippen LogP contribution in [0.5, 0.6) is 0 Å². The molecule has 108 valence electrons. The Balaban J connectivity index is 1.46. The zero-order chi connectivity index (χ0) is 13.8. The number of carbonyl (C=O) groups is 1. The number of hydrogen-bond donors (Lipinski definition) is 2. The predicted octanol–water partition coefficient (Wildman–Crippen LogP) is 1.97. The topological polar surface area (TPSA) is 44.4 Å². The van der Waals surface area contributed by atoms with Gasteiger partial charge in [-0.1, -0.05) is 30.3 Å². The van der Waals surface area contributed by atoms with Crippen LogP contribution in [0.25, 0.3) is 0 Å². The second kappa shape index (κ2) is 6.27. The van der Waals surface area contributed by atoms with Crippen LogP contribution in [0.3, 0.4) is 0 Å². The monoisotopic (exact) mass is 273 g/mol. The van der Waals surface area contributed by atoms with Gasteiger partial charge < -0.3 is 15.5 Å². The molecule has 2 aliphatic heterocycles. The molecule has 2 amide bonds. The third-order valence-electron chi connectivity index (χ3n) is 4.48. The second-order valence-corrected chi connectivity index (χ2v) is 5.91. The van der Waals surface area contributed by atoms with E-state index in [1.54, 1.807) is 0 Å². The Morgan fingerprint density at radius 2 is 2.05 bits per heavy atom. The Kier molecular flexibility index (Phi) is 4.21. The number of rotatable bonds is 3. The van der Waals surface area contributed by atoms with Gasteiger partial charge in [0.25, 0.3) is 0 Å². The Labute approximate surface area is 120 Å². The number of benzene rings is 1. The van der Waals surface area contributed by atoms with Crippen LogP contribution in [-0.4, -0.2) is 36.6 Å². The van der Waals surface area contributed by atoms with E-state index in [-0.39, 0.29) is 6.03 Å². The van der Waals surface area contributed by atoms with Crippen LogP contribution in [0.1, 0.15) is 24.8 Å². The maximum atomic E-state index is 12.0. The quantitative estimate of drug-likeness (QED) is 0.884. The van der Waals surface area contributed by atoms with Crippen molar-refractivity contribution in [1.82, 2.24) is 15.5 Å². The number of nitrogens with zero attached hydrogens (tertiary/aromatic N) is 1. The third-order valence-corrected chi connectivity index (χ3v) is 4.48. The van der Waals surface area contributed by atoms with Crippen LogP contribution >= 0.6 is 0 Å². The Morgan fingerprint density at radius 3 is 2.90 bits per heavy atom. The summed E-state index contributed by atoms with van der Waals surface area (Å²) in [6.45, 7) is 4.11. The first kappa shape index (κ1) is 13.4. The van der Waals surface area contributed by atoms with Gasteiger partial charge in [0.2, 0.25) is 0 Å². The van der Waals surface area contributed by atoms with E-state index in [1.165, 1.54) is 19.4 Å². The average molecular weight is 273 g/mol. The lowest BCUT2D eigenvalue weighted by Crippen LogP contribution is -2.55. The minimum absolute atomic E-state index is 0.0297. The highest BCUT2D eigenvalue weighted by Crippen LogP contribution is 2.26. The first-order chi connectivity index (χ1) is 9.81. The normalized spacial score (nSPS) is 28.7. The van der Waals surface area contributed by atoms with E-state index >= 15 is 0 Å². The minimum atomic E-state index is -0.0297. The van der Waals surface area contributed by atoms with Gasteiger partial charge >= 0.3 is 6.03 Å². The van der Waals surface area contributed by atoms with E-state index < -0.39 is 0 Å². The zero-order valence-corrected chi connectivity index (χ0v) is 11.8. The van der Waals surface area contributed by atoms with Gasteiger partial charge in [-0.05, 0) is 37.3 Å². The molecular formula is C16H23N3O. The van der Waals surface area contributed by atoms with E-state index in [9.17, 15) is 4.79 Å². The van der Waals surface area contributed by atoms with Crippen LogP contribution < -0.4 is 10.6 Å². The molecule has 4 nitrogen and oxygen atoms in total. The average Bonchev–Trinajstić information content (AvgIpc) is 2.50. The molecule has 2 N–H and O–H groups in total. The summed E-state index contributed by atoms with van der Waals surface area (Å²) in [6, 6.07) is 10.3. The van der Waals surface area contributed by atoms with Crippen molar-refractivity contribution >= 4 is 6.03 Å². The number of fused-ring (bicyclic) bond motifs is 2. The summed E-state index contributed by atoms with van der Waals surface area (Å²) in [5.41, 5.74) is 1.13. The smallest absolute Gasteiger partial charge is 0.315 e. The summed E-state index contributed by atoms with van der Waals surface area (Å²) in [7, 11) is 0. The first-order valence-electron chi connectivity index (χ1n) is 7.62. The Hall–Kier alpha value is -1.55. The van der Waals surface area contributed by atoms with E-state index in [4.69, 9.17) is 0 Å². The van der Waals surface area contributed by atoms with Crippen molar-refractivity contribution in [2.24, 2.45) is 5.92 Å². The summed E-state index contributed by atoms with van der Waals surface area (Å²) in [5, 5.41) is 6.12. The van der Waals surface area contributed by atoms with Gasteiger partial charge in [0.1, 0.15) is 0 Å². The lowest BCUT2D eigenvalue weighted by Gasteiger charge is -2.42. The van der Waals surface area contributed by atoms with Crippen LogP contribution in [-0.2, 0) is 6.54 Å². The molecular weight excluding hydrogens is 250 g/mol. The van der Waals surface area contributed by atoms with Crippen molar-refractivity contribution < 1.29 is 4.79 Å². The van der Waals surface area contributed by atoms with E-state index in [0.717, 1.165) is 25.1 Å². The van der Waals surface area contributed by atoms with Gasteiger partial charge in [-0.25, -0.2) is 4.79 Å². The molecule has 4 heteroatoms. The second-order valence-electron chi connectivity index (χ2n) is 5.91. The summed E-state index contributed by atoms with van der Waals surface area (Å²) in [5.74, 6) is 0.639. The largest absolute Gasteiger partial charge is 0.335 e. The van der Waals surface area contributed by atoms with Gasteiger partial charge in [-0.15, -0.1) is 0 Å². The fourth-order valence-corrected chi connectivity index (χ4v) is 3.37. The van der Waals surface area contributed by atoms with Crippen molar-refractivity contribution in [2.45, 2.75) is 31.8 Å². The van der Waals surface area contributed by atoms with Gasteiger partial charge in [0, 0.05) is 25.7 Å². The first-order valence-corrected chi connectivity index (χ1v) is 7.62. The molecule has 2 fully saturated rings. The molecule has 1 aromatic carbocycles. The van der Waals surface area contributed by atoms with Gasteiger partial charge in [0.15, 0.2) is 0 Å². The summed E-state index contributed by atoms with van der Waals surface area (Å²) in [6.07, 6.45) is 3.61. The number of urea groups is 1. The molecule has 0 radical (unpaired) electrons. The highest BCUT2D eigenvalue weighted by molar-refractivity contribution is 5.74. The Bertz CT molecular complexity index is 448. The van der Waals surface area contributed by atoms with Crippen LogP contribution in [0.15, 0.2) is 30.3 Å². The summed E-state index contributed by atoms with van der Waals surface area (Å²) in [4.78, 5) is 14.5. The summed E-state index contributed by atoms with van der Waals surface area (Å²) < 4.78 is 0. The third kappa shape index (κ3) is 3.31. The molecule has 0 spiro atoms. The van der Waals surface area contributed by atoms with E-state index in [2.05, 4.69) is 15.5 Å². The predicted molar refractivity (Wildman–Crippen MR) is 79.4 cm³/mol. The molecule has 2 aliphatic rings.